The SMILES string of the molecule is CCCCCC(CN(C)C)NCCC. The van der Waals surface area contributed by atoms with Gasteiger partial charge in [0.1, 0.15) is 0 Å². The van der Waals surface area contributed by atoms with Crippen LogP contribution in [0.3, 0.4) is 0 Å². The van der Waals surface area contributed by atoms with E-state index in [4.69, 9.17) is 0 Å². The predicted molar refractivity (Wildman–Crippen MR) is 64.8 cm³/mol. The van der Waals surface area contributed by atoms with E-state index in [1.165, 1.54) is 38.6 Å². The number of hydrogen-bond acceptors (Lipinski definition) is 2. The fourth-order valence-electron chi connectivity index (χ4n) is 1.69. The number of likely N-dealkylation sites (N-methyl/N-ethyl adjacent to an activating group) is 1. The van der Waals surface area contributed by atoms with Gasteiger partial charge in [-0.05, 0) is 33.5 Å². The van der Waals surface area contributed by atoms with Crippen molar-refractivity contribution in [3.05, 3.63) is 0 Å². The van der Waals surface area contributed by atoms with Crippen LogP contribution in [0, 0.1) is 0 Å². The van der Waals surface area contributed by atoms with Crippen molar-refractivity contribution in [1.29, 1.82) is 0 Å². The van der Waals surface area contributed by atoms with Gasteiger partial charge in [0, 0.05) is 12.6 Å². The Morgan fingerprint density at radius 3 is 2.29 bits per heavy atom. The van der Waals surface area contributed by atoms with Gasteiger partial charge in [-0.3, -0.25) is 0 Å². The Kier molecular flexibility index (Phi) is 9.42. The van der Waals surface area contributed by atoms with Gasteiger partial charge in [-0.15, -0.1) is 0 Å². The minimum Gasteiger partial charge on any atom is -0.313 e. The fourth-order valence-corrected chi connectivity index (χ4v) is 1.69. The highest BCUT2D eigenvalue weighted by atomic mass is 15.1. The van der Waals surface area contributed by atoms with Gasteiger partial charge in [0.25, 0.3) is 0 Å². The molecular weight excluding hydrogens is 172 g/mol. The molecule has 2 heteroatoms. The molecule has 0 aliphatic rings. The third kappa shape index (κ3) is 8.52. The lowest BCUT2D eigenvalue weighted by Gasteiger charge is -2.22. The zero-order chi connectivity index (χ0) is 10.8. The summed E-state index contributed by atoms with van der Waals surface area (Å²) in [6.45, 7) is 6.82. The van der Waals surface area contributed by atoms with Crippen LogP contribution in [0.15, 0.2) is 0 Å². The van der Waals surface area contributed by atoms with Crippen molar-refractivity contribution in [2.75, 3.05) is 27.2 Å². The van der Waals surface area contributed by atoms with Gasteiger partial charge in [0.15, 0.2) is 0 Å². The summed E-state index contributed by atoms with van der Waals surface area (Å²) in [6, 6.07) is 0.691. The molecule has 0 heterocycles. The number of nitrogens with zero attached hydrogens (tertiary/aromatic N) is 1. The first-order valence-corrected chi connectivity index (χ1v) is 6.08. The van der Waals surface area contributed by atoms with Crippen LogP contribution in [0.5, 0.6) is 0 Å². The van der Waals surface area contributed by atoms with E-state index < -0.39 is 0 Å². The summed E-state index contributed by atoms with van der Waals surface area (Å²) in [5.41, 5.74) is 0. The van der Waals surface area contributed by atoms with E-state index in [9.17, 15) is 0 Å². The summed E-state index contributed by atoms with van der Waals surface area (Å²) >= 11 is 0. The molecule has 0 aromatic heterocycles. The van der Waals surface area contributed by atoms with Crippen LogP contribution in [-0.2, 0) is 0 Å². The molecule has 0 rings (SSSR count). The van der Waals surface area contributed by atoms with E-state index in [0.717, 1.165) is 6.54 Å². The van der Waals surface area contributed by atoms with Crippen molar-refractivity contribution in [2.24, 2.45) is 0 Å². The van der Waals surface area contributed by atoms with Crippen LogP contribution >= 0.6 is 0 Å². The molecule has 1 unspecified atom stereocenters. The van der Waals surface area contributed by atoms with Crippen LogP contribution < -0.4 is 5.32 Å². The van der Waals surface area contributed by atoms with Crippen LogP contribution in [0.1, 0.15) is 46.0 Å². The Balaban J connectivity index is 3.61. The second kappa shape index (κ2) is 9.47. The maximum atomic E-state index is 3.62. The number of hydrogen-bond donors (Lipinski definition) is 1. The molecular formula is C12H28N2. The lowest BCUT2D eigenvalue weighted by Crippen LogP contribution is -2.38. The summed E-state index contributed by atoms with van der Waals surface area (Å²) in [5.74, 6) is 0. The van der Waals surface area contributed by atoms with Gasteiger partial charge in [-0.1, -0.05) is 33.1 Å². The number of rotatable bonds is 9. The molecule has 0 aromatic rings. The molecule has 0 bridgehead atoms. The summed E-state index contributed by atoms with van der Waals surface area (Å²) in [5, 5.41) is 3.62. The van der Waals surface area contributed by atoms with Gasteiger partial charge in [-0.2, -0.15) is 0 Å². The lowest BCUT2D eigenvalue weighted by molar-refractivity contribution is 0.321. The van der Waals surface area contributed by atoms with E-state index in [1.54, 1.807) is 0 Å². The highest BCUT2D eigenvalue weighted by Gasteiger charge is 2.07. The van der Waals surface area contributed by atoms with Crippen LogP contribution in [0.2, 0.25) is 0 Å². The highest BCUT2D eigenvalue weighted by Crippen LogP contribution is 2.04. The average molecular weight is 200 g/mol. The first kappa shape index (κ1) is 13.9. The quantitative estimate of drug-likeness (QED) is 0.575. The Morgan fingerprint density at radius 2 is 1.79 bits per heavy atom. The fraction of sp³-hybridized carbons (Fsp3) is 1.00. The standard InChI is InChI=1S/C12H28N2/c1-5-7-8-9-12(11-14(3)4)13-10-6-2/h12-13H,5-11H2,1-4H3. The molecule has 2 nitrogen and oxygen atoms in total. The minimum absolute atomic E-state index is 0.691. The third-order valence-corrected chi connectivity index (χ3v) is 2.42. The molecule has 0 radical (unpaired) electrons. The van der Waals surface area contributed by atoms with E-state index in [1.807, 2.05) is 0 Å². The van der Waals surface area contributed by atoms with E-state index in [2.05, 4.69) is 38.2 Å². The van der Waals surface area contributed by atoms with Crippen LogP contribution in [0.25, 0.3) is 0 Å². The van der Waals surface area contributed by atoms with Crippen LogP contribution in [-0.4, -0.2) is 38.1 Å². The van der Waals surface area contributed by atoms with E-state index >= 15 is 0 Å². The summed E-state index contributed by atoms with van der Waals surface area (Å²) < 4.78 is 0. The molecule has 0 fully saturated rings. The van der Waals surface area contributed by atoms with Crippen molar-refractivity contribution in [3.63, 3.8) is 0 Å². The average Bonchev–Trinajstić information content (AvgIpc) is 2.13. The van der Waals surface area contributed by atoms with E-state index in [0.29, 0.717) is 6.04 Å². The number of unbranched alkanes of at least 4 members (excludes halogenated alkanes) is 2. The zero-order valence-electron chi connectivity index (χ0n) is 10.5. The molecule has 0 saturated heterocycles. The smallest absolute Gasteiger partial charge is 0.0194 e. The molecule has 0 aromatic carbocycles. The summed E-state index contributed by atoms with van der Waals surface area (Å²) in [6.07, 6.45) is 6.62. The highest BCUT2D eigenvalue weighted by molar-refractivity contribution is 4.69. The lowest BCUT2D eigenvalue weighted by atomic mass is 10.1. The molecule has 14 heavy (non-hydrogen) atoms. The van der Waals surface area contributed by atoms with Gasteiger partial charge in [-0.25, -0.2) is 0 Å². The molecule has 1 N–H and O–H groups in total. The molecule has 0 aliphatic carbocycles. The number of nitrogens with one attached hydrogen (secondary N) is 1. The minimum atomic E-state index is 0.691. The topological polar surface area (TPSA) is 15.3 Å². The normalized spacial score (nSPS) is 13.5. The van der Waals surface area contributed by atoms with Crippen molar-refractivity contribution >= 4 is 0 Å². The molecule has 0 amide bonds. The Bertz CT molecular complexity index is 113. The molecule has 86 valence electrons. The molecule has 0 aliphatic heterocycles. The van der Waals surface area contributed by atoms with Crippen molar-refractivity contribution in [1.82, 2.24) is 10.2 Å². The maximum absolute atomic E-state index is 3.62. The monoisotopic (exact) mass is 200 g/mol. The first-order valence-electron chi connectivity index (χ1n) is 6.08. The van der Waals surface area contributed by atoms with Gasteiger partial charge >= 0.3 is 0 Å². The molecule has 1 atom stereocenters. The van der Waals surface area contributed by atoms with Crippen molar-refractivity contribution in [3.8, 4) is 0 Å². The molecule has 0 saturated carbocycles. The Hall–Kier alpha value is -0.0800. The summed E-state index contributed by atoms with van der Waals surface area (Å²) in [4.78, 5) is 2.28. The van der Waals surface area contributed by atoms with E-state index in [-0.39, 0.29) is 0 Å². The Labute approximate surface area is 90.1 Å². The molecule has 0 spiro atoms. The predicted octanol–water partition coefficient (Wildman–Crippen LogP) is 2.50. The Morgan fingerprint density at radius 1 is 1.07 bits per heavy atom. The zero-order valence-corrected chi connectivity index (χ0v) is 10.5. The van der Waals surface area contributed by atoms with Gasteiger partial charge in [0.2, 0.25) is 0 Å². The second-order valence-corrected chi connectivity index (χ2v) is 4.41. The van der Waals surface area contributed by atoms with Crippen molar-refractivity contribution < 1.29 is 0 Å². The largest absolute Gasteiger partial charge is 0.313 e. The van der Waals surface area contributed by atoms with Crippen molar-refractivity contribution in [2.45, 2.75) is 52.0 Å². The summed E-state index contributed by atoms with van der Waals surface area (Å²) in [7, 11) is 4.31. The third-order valence-electron chi connectivity index (χ3n) is 2.42. The van der Waals surface area contributed by atoms with Gasteiger partial charge < -0.3 is 10.2 Å². The maximum Gasteiger partial charge on any atom is 0.0194 e. The first-order chi connectivity index (χ1) is 6.70. The van der Waals surface area contributed by atoms with Crippen LogP contribution in [0.4, 0.5) is 0 Å². The second-order valence-electron chi connectivity index (χ2n) is 4.41. The van der Waals surface area contributed by atoms with Gasteiger partial charge in [0.05, 0.1) is 0 Å².